The Hall–Kier alpha value is -1.23. The van der Waals surface area contributed by atoms with Crippen molar-refractivity contribution < 1.29 is 19.0 Å². The van der Waals surface area contributed by atoms with Crippen LogP contribution in [0.15, 0.2) is 30.3 Å². The van der Waals surface area contributed by atoms with Crippen molar-refractivity contribution in [3.8, 4) is 0 Å². The third-order valence-corrected chi connectivity index (χ3v) is 4.75. The first-order valence-electron chi connectivity index (χ1n) is 7.28. The molecule has 2 saturated heterocycles. The molecule has 1 aromatic carbocycles. The summed E-state index contributed by atoms with van der Waals surface area (Å²) in [5.41, 5.74) is 0.793. The summed E-state index contributed by atoms with van der Waals surface area (Å²) in [4.78, 5) is 12.6. The van der Waals surface area contributed by atoms with E-state index in [9.17, 15) is 4.79 Å². The summed E-state index contributed by atoms with van der Waals surface area (Å²) in [7, 11) is 0. The first kappa shape index (κ1) is 12.5. The van der Waals surface area contributed by atoms with E-state index in [0.29, 0.717) is 26.2 Å². The lowest BCUT2D eigenvalue weighted by atomic mass is 9.74. The van der Waals surface area contributed by atoms with Crippen molar-refractivity contribution in [2.45, 2.75) is 24.7 Å². The maximum atomic E-state index is 12.6. The van der Waals surface area contributed by atoms with Crippen LogP contribution in [0, 0.1) is 11.8 Å². The summed E-state index contributed by atoms with van der Waals surface area (Å²) in [6.45, 7) is 1.91. The molecule has 1 aromatic rings. The zero-order valence-electron chi connectivity index (χ0n) is 11.3. The predicted molar refractivity (Wildman–Crippen MR) is 71.4 cm³/mol. The molecule has 4 heteroatoms. The van der Waals surface area contributed by atoms with Crippen molar-refractivity contribution in [3.05, 3.63) is 35.9 Å². The van der Waals surface area contributed by atoms with Crippen LogP contribution < -0.4 is 0 Å². The zero-order chi connectivity index (χ0) is 13.6. The van der Waals surface area contributed by atoms with Gasteiger partial charge in [0.1, 0.15) is 6.10 Å². The summed E-state index contributed by atoms with van der Waals surface area (Å²) in [5, 5.41) is 0. The van der Waals surface area contributed by atoms with Crippen LogP contribution in [0.4, 0.5) is 0 Å². The summed E-state index contributed by atoms with van der Waals surface area (Å²) < 4.78 is 17.5. The van der Waals surface area contributed by atoms with Crippen molar-refractivity contribution in [2.75, 3.05) is 19.8 Å². The zero-order valence-corrected chi connectivity index (χ0v) is 11.3. The van der Waals surface area contributed by atoms with Crippen LogP contribution in [-0.2, 0) is 14.2 Å². The third kappa shape index (κ3) is 1.75. The van der Waals surface area contributed by atoms with Crippen LogP contribution in [0.3, 0.4) is 0 Å². The van der Waals surface area contributed by atoms with E-state index >= 15 is 0 Å². The molecule has 0 aromatic heterocycles. The second kappa shape index (κ2) is 4.65. The van der Waals surface area contributed by atoms with E-state index in [4.69, 9.17) is 14.2 Å². The Morgan fingerprint density at radius 3 is 2.55 bits per heavy atom. The van der Waals surface area contributed by atoms with E-state index < -0.39 is 5.79 Å². The molecule has 0 N–H and O–H groups in total. The lowest BCUT2D eigenvalue weighted by Crippen LogP contribution is -2.50. The van der Waals surface area contributed by atoms with Crippen LogP contribution in [-0.4, -0.2) is 37.5 Å². The Labute approximate surface area is 118 Å². The van der Waals surface area contributed by atoms with E-state index in [1.807, 2.05) is 30.3 Å². The minimum absolute atomic E-state index is 0.0216. The summed E-state index contributed by atoms with van der Waals surface area (Å²) in [6, 6.07) is 9.52. The fourth-order valence-electron chi connectivity index (χ4n) is 3.81. The van der Waals surface area contributed by atoms with Crippen LogP contribution in [0.2, 0.25) is 0 Å². The number of ketones is 1. The highest BCUT2D eigenvalue weighted by molar-refractivity contribution is 5.97. The standard InChI is InChI=1S/C16H18O4/c17-15(11-4-2-1-3-5-11)12-8-13-10-18-14(9-12)16(13)19-6-7-20-16/h1-5,12-14H,6-10H2. The Kier molecular flexibility index (Phi) is 2.91. The van der Waals surface area contributed by atoms with Crippen molar-refractivity contribution in [2.24, 2.45) is 11.8 Å². The maximum absolute atomic E-state index is 12.6. The molecule has 2 bridgehead atoms. The summed E-state index contributed by atoms with van der Waals surface area (Å²) >= 11 is 0. The van der Waals surface area contributed by atoms with Crippen LogP contribution in [0.1, 0.15) is 23.2 Å². The highest BCUT2D eigenvalue weighted by Crippen LogP contribution is 2.49. The van der Waals surface area contributed by atoms with Crippen molar-refractivity contribution in [1.82, 2.24) is 0 Å². The maximum Gasteiger partial charge on any atom is 0.200 e. The number of rotatable bonds is 2. The van der Waals surface area contributed by atoms with Gasteiger partial charge in [-0.2, -0.15) is 0 Å². The first-order valence-corrected chi connectivity index (χ1v) is 7.28. The topological polar surface area (TPSA) is 44.8 Å². The Morgan fingerprint density at radius 1 is 1.10 bits per heavy atom. The minimum Gasteiger partial charge on any atom is -0.372 e. The average molecular weight is 274 g/mol. The van der Waals surface area contributed by atoms with Gasteiger partial charge in [-0.3, -0.25) is 4.79 Å². The molecule has 0 amide bonds. The molecule has 1 aliphatic carbocycles. The molecular weight excluding hydrogens is 256 g/mol. The fraction of sp³-hybridized carbons (Fsp3) is 0.562. The van der Waals surface area contributed by atoms with Gasteiger partial charge in [0.25, 0.3) is 0 Å². The van der Waals surface area contributed by atoms with Gasteiger partial charge in [-0.25, -0.2) is 0 Å². The quantitative estimate of drug-likeness (QED) is 0.774. The Morgan fingerprint density at radius 2 is 1.85 bits per heavy atom. The molecule has 4 nitrogen and oxygen atoms in total. The molecule has 3 atom stereocenters. The van der Waals surface area contributed by atoms with Gasteiger partial charge in [-0.15, -0.1) is 0 Å². The van der Waals surface area contributed by atoms with Gasteiger partial charge in [0.15, 0.2) is 11.6 Å². The van der Waals surface area contributed by atoms with Crippen molar-refractivity contribution in [1.29, 1.82) is 0 Å². The lowest BCUT2D eigenvalue weighted by Gasteiger charge is -2.39. The smallest absolute Gasteiger partial charge is 0.200 e. The molecule has 1 spiro atoms. The number of hydrogen-bond donors (Lipinski definition) is 0. The van der Waals surface area contributed by atoms with Crippen LogP contribution >= 0.6 is 0 Å². The number of Topliss-reactive ketones (excluding diaryl/α,β-unsaturated/α-hetero) is 1. The fourth-order valence-corrected chi connectivity index (χ4v) is 3.81. The summed E-state index contributed by atoms with van der Waals surface area (Å²) in [5.74, 6) is -0.137. The highest BCUT2D eigenvalue weighted by Gasteiger charge is 2.60. The molecule has 3 unspecified atom stereocenters. The van der Waals surface area contributed by atoms with Gasteiger partial charge in [-0.1, -0.05) is 30.3 Å². The van der Waals surface area contributed by atoms with Gasteiger partial charge in [0, 0.05) is 17.4 Å². The van der Waals surface area contributed by atoms with Crippen LogP contribution in [0.5, 0.6) is 0 Å². The SMILES string of the molecule is O=C(c1ccccc1)C1CC2COC(C1)C21OCCO1. The molecule has 3 fully saturated rings. The molecule has 4 rings (SSSR count). The Bertz CT molecular complexity index is 490. The molecule has 1 saturated carbocycles. The second-order valence-electron chi connectivity index (χ2n) is 5.84. The van der Waals surface area contributed by atoms with E-state index in [0.717, 1.165) is 12.0 Å². The van der Waals surface area contributed by atoms with E-state index in [1.54, 1.807) is 0 Å². The third-order valence-electron chi connectivity index (χ3n) is 4.75. The van der Waals surface area contributed by atoms with E-state index in [-0.39, 0.29) is 23.7 Å². The van der Waals surface area contributed by atoms with Crippen molar-refractivity contribution in [3.63, 3.8) is 0 Å². The van der Waals surface area contributed by atoms with Gasteiger partial charge in [0.2, 0.25) is 0 Å². The second-order valence-corrected chi connectivity index (χ2v) is 5.84. The number of carbonyl (C=O) groups is 1. The largest absolute Gasteiger partial charge is 0.372 e. The normalized spacial score (nSPS) is 34.5. The number of benzene rings is 1. The predicted octanol–water partition coefficient (Wildman–Crippen LogP) is 2.04. The highest BCUT2D eigenvalue weighted by atomic mass is 16.8. The molecule has 0 radical (unpaired) electrons. The van der Waals surface area contributed by atoms with Gasteiger partial charge in [0.05, 0.1) is 19.8 Å². The molecule has 3 aliphatic rings. The minimum atomic E-state index is -0.562. The van der Waals surface area contributed by atoms with Crippen molar-refractivity contribution >= 4 is 5.78 Å². The van der Waals surface area contributed by atoms with E-state index in [2.05, 4.69) is 0 Å². The Balaban J connectivity index is 1.55. The molecule has 2 heterocycles. The summed E-state index contributed by atoms with van der Waals surface area (Å²) in [6.07, 6.45) is 1.40. The lowest BCUT2D eigenvalue weighted by molar-refractivity contribution is -0.224. The number of carbonyl (C=O) groups excluding carboxylic acids is 1. The van der Waals surface area contributed by atoms with Gasteiger partial charge < -0.3 is 14.2 Å². The molecule has 106 valence electrons. The van der Waals surface area contributed by atoms with Gasteiger partial charge in [-0.05, 0) is 12.8 Å². The molecule has 2 aliphatic heterocycles. The first-order chi connectivity index (χ1) is 9.79. The monoisotopic (exact) mass is 274 g/mol. The number of hydrogen-bond acceptors (Lipinski definition) is 4. The van der Waals surface area contributed by atoms with Gasteiger partial charge >= 0.3 is 0 Å². The number of ether oxygens (including phenoxy) is 3. The van der Waals surface area contributed by atoms with Crippen LogP contribution in [0.25, 0.3) is 0 Å². The molecule has 20 heavy (non-hydrogen) atoms. The van der Waals surface area contributed by atoms with E-state index in [1.165, 1.54) is 0 Å². The average Bonchev–Trinajstić information content (AvgIpc) is 3.03. The molecular formula is C16H18O4.